The summed E-state index contributed by atoms with van der Waals surface area (Å²) in [4.78, 5) is 4.96. The molecule has 1 aliphatic carbocycles. The Morgan fingerprint density at radius 1 is 1.18 bits per heavy atom. The number of thiol groups is 1. The smallest absolute Gasteiger partial charge is 0.0330 e. The molecule has 0 amide bonds. The summed E-state index contributed by atoms with van der Waals surface area (Å²) in [5.41, 5.74) is 0.474. The quantitative estimate of drug-likeness (QED) is 0.669. The van der Waals surface area contributed by atoms with Gasteiger partial charge < -0.3 is 9.80 Å². The maximum atomic E-state index is 4.30. The lowest BCUT2D eigenvalue weighted by Crippen LogP contribution is -2.56. The van der Waals surface area contributed by atoms with Gasteiger partial charge in [-0.2, -0.15) is 12.6 Å². The van der Waals surface area contributed by atoms with Crippen molar-refractivity contribution in [3.8, 4) is 0 Å². The zero-order chi connectivity index (χ0) is 12.9. The van der Waals surface area contributed by atoms with Crippen LogP contribution in [0.4, 0.5) is 0 Å². The van der Waals surface area contributed by atoms with Crippen LogP contribution in [0.5, 0.6) is 0 Å². The fourth-order valence-corrected chi connectivity index (χ4v) is 3.16. The van der Waals surface area contributed by atoms with E-state index >= 15 is 0 Å². The van der Waals surface area contributed by atoms with Gasteiger partial charge in [-0.3, -0.25) is 0 Å². The maximum Gasteiger partial charge on any atom is 0.0330 e. The highest BCUT2D eigenvalue weighted by molar-refractivity contribution is 7.80. The highest BCUT2D eigenvalue weighted by Crippen LogP contribution is 2.36. The third-order valence-corrected chi connectivity index (χ3v) is 4.68. The molecule has 2 nitrogen and oxygen atoms in total. The summed E-state index contributed by atoms with van der Waals surface area (Å²) in [5, 5.41) is 0. The first-order valence-corrected chi connectivity index (χ1v) is 7.60. The van der Waals surface area contributed by atoms with Gasteiger partial charge in [0.05, 0.1) is 0 Å². The van der Waals surface area contributed by atoms with Crippen molar-refractivity contribution in [1.82, 2.24) is 9.80 Å². The van der Waals surface area contributed by atoms with E-state index in [-0.39, 0.29) is 0 Å². The zero-order valence-corrected chi connectivity index (χ0v) is 13.0. The van der Waals surface area contributed by atoms with Crippen LogP contribution in [-0.4, -0.2) is 55.3 Å². The van der Waals surface area contributed by atoms with E-state index < -0.39 is 0 Å². The molecule has 1 unspecified atom stereocenters. The van der Waals surface area contributed by atoms with Gasteiger partial charge in [0, 0.05) is 12.1 Å². The van der Waals surface area contributed by atoms with Crippen molar-refractivity contribution < 1.29 is 0 Å². The van der Waals surface area contributed by atoms with Crippen LogP contribution >= 0.6 is 12.6 Å². The first-order chi connectivity index (χ1) is 8.00. The minimum absolute atomic E-state index is 0.474. The van der Waals surface area contributed by atoms with Crippen molar-refractivity contribution in [3.63, 3.8) is 0 Å². The minimum atomic E-state index is 0.474. The summed E-state index contributed by atoms with van der Waals surface area (Å²) in [6.45, 7) is 4.80. The van der Waals surface area contributed by atoms with Gasteiger partial charge in [0.2, 0.25) is 0 Å². The maximum absolute atomic E-state index is 4.30. The SMILES string of the molecule is CC(CCS)CCN(C)CC1(N(C)C)CCC1. The fourth-order valence-electron chi connectivity index (χ4n) is 2.72. The van der Waals surface area contributed by atoms with Crippen LogP contribution in [0.25, 0.3) is 0 Å². The monoisotopic (exact) mass is 258 g/mol. The second kappa shape index (κ2) is 7.01. The summed E-state index contributed by atoms with van der Waals surface area (Å²) in [5.74, 6) is 1.83. The van der Waals surface area contributed by atoms with Gasteiger partial charge in [-0.15, -0.1) is 0 Å². The Morgan fingerprint density at radius 3 is 2.24 bits per heavy atom. The molecular weight excluding hydrogens is 228 g/mol. The van der Waals surface area contributed by atoms with Crippen LogP contribution < -0.4 is 0 Å². The molecule has 0 spiro atoms. The Kier molecular flexibility index (Phi) is 6.32. The number of hydrogen-bond donors (Lipinski definition) is 1. The van der Waals surface area contributed by atoms with E-state index in [4.69, 9.17) is 0 Å². The molecule has 0 aliphatic heterocycles. The van der Waals surface area contributed by atoms with Crippen LogP contribution in [0.1, 0.15) is 39.0 Å². The van der Waals surface area contributed by atoms with Crippen molar-refractivity contribution >= 4 is 12.6 Å². The van der Waals surface area contributed by atoms with Crippen molar-refractivity contribution in [2.75, 3.05) is 40.0 Å². The molecule has 0 aromatic heterocycles. The molecule has 0 aromatic carbocycles. The predicted octanol–water partition coefficient (Wildman–Crippen LogP) is 2.75. The number of nitrogens with zero attached hydrogens (tertiary/aromatic N) is 2. The van der Waals surface area contributed by atoms with Crippen molar-refractivity contribution in [2.24, 2.45) is 5.92 Å². The van der Waals surface area contributed by atoms with Crippen LogP contribution in [0.3, 0.4) is 0 Å². The molecule has 0 radical (unpaired) electrons. The van der Waals surface area contributed by atoms with Gasteiger partial charge in [-0.05, 0) is 71.5 Å². The summed E-state index contributed by atoms with van der Waals surface area (Å²) in [6.07, 6.45) is 6.70. The van der Waals surface area contributed by atoms with Gasteiger partial charge >= 0.3 is 0 Å². The van der Waals surface area contributed by atoms with Gasteiger partial charge in [0.25, 0.3) is 0 Å². The lowest BCUT2D eigenvalue weighted by Gasteiger charge is -2.49. The molecular formula is C14H30N2S. The Hall–Kier alpha value is 0.270. The lowest BCUT2D eigenvalue weighted by atomic mass is 9.75. The van der Waals surface area contributed by atoms with Crippen molar-refractivity contribution in [3.05, 3.63) is 0 Å². The van der Waals surface area contributed by atoms with Crippen molar-refractivity contribution in [1.29, 1.82) is 0 Å². The van der Waals surface area contributed by atoms with E-state index in [2.05, 4.69) is 50.5 Å². The standard InChI is InChI=1S/C14H30N2S/c1-13(7-11-17)6-10-16(4)12-14(15(2)3)8-5-9-14/h13,17H,5-12H2,1-4H3. The molecule has 1 rings (SSSR count). The van der Waals surface area contributed by atoms with E-state index in [1.807, 2.05) is 0 Å². The molecule has 0 bridgehead atoms. The molecule has 3 heteroatoms. The molecule has 102 valence electrons. The predicted molar refractivity (Wildman–Crippen MR) is 80.0 cm³/mol. The van der Waals surface area contributed by atoms with E-state index in [0.29, 0.717) is 5.54 Å². The third kappa shape index (κ3) is 4.46. The topological polar surface area (TPSA) is 6.48 Å². The summed E-state index contributed by atoms with van der Waals surface area (Å²) >= 11 is 4.30. The van der Waals surface area contributed by atoms with Crippen LogP contribution in [0.15, 0.2) is 0 Å². The molecule has 1 aliphatic rings. The van der Waals surface area contributed by atoms with Crippen molar-refractivity contribution in [2.45, 2.75) is 44.6 Å². The molecule has 17 heavy (non-hydrogen) atoms. The average Bonchev–Trinajstić information content (AvgIpc) is 2.20. The first-order valence-electron chi connectivity index (χ1n) is 6.97. The third-order valence-electron chi connectivity index (χ3n) is 4.42. The average molecular weight is 258 g/mol. The second-order valence-electron chi connectivity index (χ2n) is 6.12. The molecule has 1 saturated carbocycles. The van der Waals surface area contributed by atoms with Gasteiger partial charge in [0.1, 0.15) is 0 Å². The number of hydrogen-bond acceptors (Lipinski definition) is 3. The lowest BCUT2D eigenvalue weighted by molar-refractivity contribution is 0.0267. The Labute approximate surface area is 113 Å². The van der Waals surface area contributed by atoms with Gasteiger partial charge in [-0.1, -0.05) is 6.92 Å². The summed E-state index contributed by atoms with van der Waals surface area (Å²) < 4.78 is 0. The van der Waals surface area contributed by atoms with Crippen LogP contribution in [0, 0.1) is 5.92 Å². The molecule has 0 aromatic rings. The molecule has 1 fully saturated rings. The molecule has 1 atom stereocenters. The minimum Gasteiger partial charge on any atom is -0.305 e. The summed E-state index contributed by atoms with van der Waals surface area (Å²) in [7, 11) is 6.74. The highest BCUT2D eigenvalue weighted by Gasteiger charge is 2.39. The molecule has 0 N–H and O–H groups in total. The second-order valence-corrected chi connectivity index (χ2v) is 6.56. The van der Waals surface area contributed by atoms with E-state index in [1.54, 1.807) is 0 Å². The van der Waals surface area contributed by atoms with Gasteiger partial charge in [-0.25, -0.2) is 0 Å². The fraction of sp³-hybridized carbons (Fsp3) is 1.00. The first kappa shape index (κ1) is 15.3. The largest absolute Gasteiger partial charge is 0.305 e. The zero-order valence-electron chi connectivity index (χ0n) is 12.1. The number of rotatable bonds is 8. The molecule has 0 saturated heterocycles. The summed E-state index contributed by atoms with van der Waals surface area (Å²) in [6, 6.07) is 0. The Bertz CT molecular complexity index is 214. The number of likely N-dealkylation sites (N-methyl/N-ethyl adjacent to an activating group) is 2. The van der Waals surface area contributed by atoms with Gasteiger partial charge in [0.15, 0.2) is 0 Å². The Balaban J connectivity index is 2.26. The van der Waals surface area contributed by atoms with E-state index in [0.717, 1.165) is 11.7 Å². The Morgan fingerprint density at radius 2 is 1.82 bits per heavy atom. The van der Waals surface area contributed by atoms with Crippen LogP contribution in [-0.2, 0) is 0 Å². The molecule has 0 heterocycles. The normalized spacial score (nSPS) is 20.6. The highest BCUT2D eigenvalue weighted by atomic mass is 32.1. The van der Waals surface area contributed by atoms with E-state index in [9.17, 15) is 0 Å². The van der Waals surface area contributed by atoms with Crippen LogP contribution in [0.2, 0.25) is 0 Å². The van der Waals surface area contributed by atoms with E-state index in [1.165, 1.54) is 45.2 Å².